The standard InChI is InChI=1S/C30H26ClF6N3O2/c1-40(28(42)19-12-21(29(32,33)34)15-22(13-19)30(35,36)37)24(14-20-17-38-26-8-3-2-7-25(20)26)9-10-27(41)39-16-18-5-4-6-23(31)11-18/h2-8,11-13,15,17,24,38H,9-10,14,16H2,1H3,(H,39,41). The van der Waals surface area contributed by atoms with Crippen molar-refractivity contribution in [1.82, 2.24) is 15.2 Å². The van der Waals surface area contributed by atoms with E-state index in [0.29, 0.717) is 17.2 Å². The number of rotatable bonds is 9. The molecule has 1 unspecified atom stereocenters. The summed E-state index contributed by atoms with van der Waals surface area (Å²) in [6.07, 6.45) is -8.24. The Morgan fingerprint density at radius 2 is 1.60 bits per heavy atom. The van der Waals surface area contributed by atoms with Crippen LogP contribution in [-0.4, -0.2) is 34.8 Å². The number of likely N-dealkylation sites (N-methyl/N-ethyl adjacent to an activating group) is 1. The first-order valence-corrected chi connectivity index (χ1v) is 13.2. The predicted octanol–water partition coefficient (Wildman–Crippen LogP) is 7.64. The van der Waals surface area contributed by atoms with E-state index in [1.54, 1.807) is 30.5 Å². The number of carbonyl (C=O) groups is 2. The Hall–Kier alpha value is -3.99. The zero-order valence-electron chi connectivity index (χ0n) is 22.2. The van der Waals surface area contributed by atoms with E-state index in [2.05, 4.69) is 10.3 Å². The highest BCUT2D eigenvalue weighted by Crippen LogP contribution is 2.37. The number of halogens is 7. The molecule has 3 aromatic carbocycles. The number of aromatic nitrogens is 1. The fourth-order valence-corrected chi connectivity index (χ4v) is 4.88. The van der Waals surface area contributed by atoms with Crippen molar-refractivity contribution in [1.29, 1.82) is 0 Å². The van der Waals surface area contributed by atoms with Gasteiger partial charge >= 0.3 is 12.4 Å². The molecule has 2 N–H and O–H groups in total. The molecule has 0 aliphatic carbocycles. The van der Waals surface area contributed by atoms with E-state index >= 15 is 0 Å². The minimum Gasteiger partial charge on any atom is -0.361 e. The molecule has 0 saturated heterocycles. The number of fused-ring (bicyclic) bond motifs is 1. The molecule has 1 atom stereocenters. The summed E-state index contributed by atoms with van der Waals surface area (Å²) in [6.45, 7) is 0.200. The van der Waals surface area contributed by atoms with Crippen molar-refractivity contribution < 1.29 is 35.9 Å². The number of hydrogen-bond donors (Lipinski definition) is 2. The van der Waals surface area contributed by atoms with E-state index in [0.717, 1.165) is 26.9 Å². The molecule has 5 nitrogen and oxygen atoms in total. The van der Waals surface area contributed by atoms with Crippen LogP contribution in [0, 0.1) is 0 Å². The number of alkyl halides is 6. The van der Waals surface area contributed by atoms with Crippen LogP contribution in [0.2, 0.25) is 5.02 Å². The van der Waals surface area contributed by atoms with E-state index in [-0.39, 0.29) is 37.8 Å². The third-order valence-corrected chi connectivity index (χ3v) is 7.15. The highest BCUT2D eigenvalue weighted by molar-refractivity contribution is 6.30. The Bertz CT molecular complexity index is 1550. The zero-order valence-corrected chi connectivity index (χ0v) is 23.0. The summed E-state index contributed by atoms with van der Waals surface area (Å²) >= 11 is 5.98. The lowest BCUT2D eigenvalue weighted by Crippen LogP contribution is -2.39. The number of nitrogens with zero attached hydrogens (tertiary/aromatic N) is 1. The number of benzene rings is 3. The summed E-state index contributed by atoms with van der Waals surface area (Å²) < 4.78 is 80.6. The first-order valence-electron chi connectivity index (χ1n) is 12.8. The zero-order chi connectivity index (χ0) is 30.7. The van der Waals surface area contributed by atoms with Crippen LogP contribution in [0.15, 0.2) is 72.9 Å². The lowest BCUT2D eigenvalue weighted by molar-refractivity contribution is -0.143. The molecule has 0 fully saturated rings. The maximum absolute atomic E-state index is 13.4. The molecule has 0 aliphatic rings. The quantitative estimate of drug-likeness (QED) is 0.192. The normalized spacial score (nSPS) is 12.8. The molecule has 0 saturated carbocycles. The largest absolute Gasteiger partial charge is 0.416 e. The Morgan fingerprint density at radius 3 is 2.24 bits per heavy atom. The van der Waals surface area contributed by atoms with Gasteiger partial charge in [0.1, 0.15) is 0 Å². The average molecular weight is 610 g/mol. The molecule has 0 spiro atoms. The van der Waals surface area contributed by atoms with Gasteiger partial charge in [-0.1, -0.05) is 41.9 Å². The SMILES string of the molecule is CN(C(=O)c1cc(C(F)(F)F)cc(C(F)(F)F)c1)C(CCC(=O)NCc1cccc(Cl)c1)Cc1c[nH]c2ccccc12. The molecule has 42 heavy (non-hydrogen) atoms. The average Bonchev–Trinajstić information content (AvgIpc) is 3.35. The lowest BCUT2D eigenvalue weighted by atomic mass is 9.98. The van der Waals surface area contributed by atoms with Crippen molar-refractivity contribution in [3.63, 3.8) is 0 Å². The molecule has 0 radical (unpaired) electrons. The third kappa shape index (κ3) is 7.64. The second kappa shape index (κ2) is 12.5. The van der Waals surface area contributed by atoms with E-state index in [4.69, 9.17) is 11.6 Å². The second-order valence-corrected chi connectivity index (χ2v) is 10.3. The van der Waals surface area contributed by atoms with Crippen LogP contribution >= 0.6 is 11.6 Å². The van der Waals surface area contributed by atoms with E-state index in [9.17, 15) is 35.9 Å². The fraction of sp³-hybridized carbons (Fsp3) is 0.267. The number of H-pyrrole nitrogens is 1. The molecular weight excluding hydrogens is 584 g/mol. The Kier molecular flexibility index (Phi) is 9.20. The maximum Gasteiger partial charge on any atom is 0.416 e. The van der Waals surface area contributed by atoms with Gasteiger partial charge in [-0.05, 0) is 60.4 Å². The van der Waals surface area contributed by atoms with Crippen LogP contribution in [-0.2, 0) is 30.1 Å². The second-order valence-electron chi connectivity index (χ2n) is 9.87. The van der Waals surface area contributed by atoms with Crippen LogP contribution in [0.4, 0.5) is 26.3 Å². The van der Waals surface area contributed by atoms with E-state index in [1.807, 2.05) is 24.3 Å². The summed E-state index contributed by atoms with van der Waals surface area (Å²) in [5.41, 5.74) is -1.57. The number of nitrogens with one attached hydrogen (secondary N) is 2. The Labute approximate surface area is 242 Å². The van der Waals surface area contributed by atoms with Gasteiger partial charge in [-0.15, -0.1) is 0 Å². The summed E-state index contributed by atoms with van der Waals surface area (Å²) in [4.78, 5) is 30.3. The summed E-state index contributed by atoms with van der Waals surface area (Å²) in [5, 5.41) is 4.10. The van der Waals surface area contributed by atoms with Gasteiger partial charge in [0.15, 0.2) is 0 Å². The van der Waals surface area contributed by atoms with Gasteiger partial charge in [0.25, 0.3) is 5.91 Å². The predicted molar refractivity (Wildman–Crippen MR) is 147 cm³/mol. The number of hydrogen-bond acceptors (Lipinski definition) is 2. The van der Waals surface area contributed by atoms with Crippen molar-refractivity contribution in [2.24, 2.45) is 0 Å². The minimum atomic E-state index is -5.10. The monoisotopic (exact) mass is 609 g/mol. The van der Waals surface area contributed by atoms with Crippen LogP contribution in [0.1, 0.15) is 45.5 Å². The smallest absolute Gasteiger partial charge is 0.361 e. The van der Waals surface area contributed by atoms with Gasteiger partial charge in [0.05, 0.1) is 11.1 Å². The third-order valence-electron chi connectivity index (χ3n) is 6.92. The highest BCUT2D eigenvalue weighted by atomic mass is 35.5. The molecule has 1 heterocycles. The first-order chi connectivity index (χ1) is 19.7. The van der Waals surface area contributed by atoms with Crippen LogP contribution in [0.25, 0.3) is 10.9 Å². The van der Waals surface area contributed by atoms with Gasteiger partial charge in [-0.3, -0.25) is 9.59 Å². The lowest BCUT2D eigenvalue weighted by Gasteiger charge is -2.29. The molecule has 2 amide bonds. The summed E-state index contributed by atoms with van der Waals surface area (Å²) in [6, 6.07) is 14.3. The summed E-state index contributed by atoms with van der Waals surface area (Å²) in [7, 11) is 1.30. The molecule has 0 bridgehead atoms. The topological polar surface area (TPSA) is 65.2 Å². The van der Waals surface area contributed by atoms with Crippen LogP contribution in [0.3, 0.4) is 0 Å². The van der Waals surface area contributed by atoms with Crippen molar-refractivity contribution in [3.8, 4) is 0 Å². The van der Waals surface area contributed by atoms with Crippen molar-refractivity contribution in [2.75, 3.05) is 7.05 Å². The Morgan fingerprint density at radius 1 is 0.929 bits per heavy atom. The highest BCUT2D eigenvalue weighted by Gasteiger charge is 2.38. The minimum absolute atomic E-state index is 0.0234. The molecule has 4 rings (SSSR count). The number of aromatic amines is 1. The first kappa shape index (κ1) is 31.0. The fourth-order valence-electron chi connectivity index (χ4n) is 4.67. The van der Waals surface area contributed by atoms with E-state index in [1.165, 1.54) is 7.05 Å². The van der Waals surface area contributed by atoms with Crippen LogP contribution < -0.4 is 5.32 Å². The van der Waals surface area contributed by atoms with Gasteiger partial charge in [-0.2, -0.15) is 26.3 Å². The molecule has 1 aromatic heterocycles. The van der Waals surface area contributed by atoms with Crippen molar-refractivity contribution in [2.45, 2.75) is 44.2 Å². The number of para-hydroxylation sites is 1. The van der Waals surface area contributed by atoms with Crippen molar-refractivity contribution in [3.05, 3.63) is 106 Å². The van der Waals surface area contributed by atoms with E-state index < -0.39 is 41.0 Å². The Balaban J connectivity index is 1.59. The molecule has 222 valence electrons. The number of carbonyl (C=O) groups excluding carboxylic acids is 2. The van der Waals surface area contributed by atoms with Crippen molar-refractivity contribution >= 4 is 34.3 Å². The molecule has 0 aliphatic heterocycles. The molecular formula is C30H26ClF6N3O2. The summed E-state index contributed by atoms with van der Waals surface area (Å²) in [5.74, 6) is -1.38. The molecule has 4 aromatic rings. The number of amides is 2. The van der Waals surface area contributed by atoms with Gasteiger partial charge < -0.3 is 15.2 Å². The van der Waals surface area contributed by atoms with Crippen LogP contribution in [0.5, 0.6) is 0 Å². The van der Waals surface area contributed by atoms with Gasteiger partial charge in [0.2, 0.25) is 5.91 Å². The molecule has 12 heteroatoms. The van der Waals surface area contributed by atoms with Gasteiger partial charge in [0, 0.05) is 53.7 Å². The maximum atomic E-state index is 13.4. The van der Waals surface area contributed by atoms with Gasteiger partial charge in [-0.25, -0.2) is 0 Å².